The van der Waals surface area contributed by atoms with Gasteiger partial charge in [-0.2, -0.15) is 0 Å². The minimum absolute atomic E-state index is 0.00239. The third-order valence-corrected chi connectivity index (χ3v) is 7.99. The van der Waals surface area contributed by atoms with Crippen LogP contribution in [0, 0.1) is 12.3 Å². The van der Waals surface area contributed by atoms with Crippen LogP contribution in [0.1, 0.15) is 68.2 Å². The molecule has 3 aliphatic rings. The molecule has 0 bridgehead atoms. The van der Waals surface area contributed by atoms with Crippen LogP contribution in [0.2, 0.25) is 0 Å². The molecule has 1 N–H and O–H groups in total. The summed E-state index contributed by atoms with van der Waals surface area (Å²) in [6, 6.07) is 0. The fraction of sp³-hybridized carbons (Fsp3) is 0.810. The van der Waals surface area contributed by atoms with Gasteiger partial charge in [-0.25, -0.2) is 4.98 Å². The van der Waals surface area contributed by atoms with E-state index in [4.69, 9.17) is 9.47 Å². The number of hydrogen-bond donors (Lipinski definition) is 1. The first-order valence-corrected chi connectivity index (χ1v) is 11.2. The summed E-state index contributed by atoms with van der Waals surface area (Å²) in [5.74, 6) is 0.104. The Bertz CT molecular complexity index is 735. The lowest BCUT2D eigenvalue weighted by Gasteiger charge is -2.56. The maximum Gasteiger partial charge on any atom is 0.265 e. The van der Waals surface area contributed by atoms with Gasteiger partial charge in [0.1, 0.15) is 4.88 Å². The van der Waals surface area contributed by atoms with Crippen LogP contribution in [0.4, 0.5) is 0 Å². The van der Waals surface area contributed by atoms with Gasteiger partial charge in [-0.15, -0.1) is 11.3 Å². The van der Waals surface area contributed by atoms with E-state index in [0.29, 0.717) is 0 Å². The first kappa shape index (κ1) is 20.3. The van der Waals surface area contributed by atoms with Crippen molar-refractivity contribution in [2.75, 3.05) is 19.7 Å². The Kier molecular flexibility index (Phi) is 5.10. The average molecular weight is 409 g/mol. The molecule has 0 aliphatic carbocycles. The van der Waals surface area contributed by atoms with Gasteiger partial charge < -0.3 is 19.5 Å². The number of nitrogens with zero attached hydrogens (tertiary/aromatic N) is 2. The molecule has 1 spiro atoms. The second kappa shape index (κ2) is 7.04. The van der Waals surface area contributed by atoms with E-state index in [-0.39, 0.29) is 29.1 Å². The van der Waals surface area contributed by atoms with Gasteiger partial charge in [-0.05, 0) is 65.2 Å². The van der Waals surface area contributed by atoms with Crippen LogP contribution in [0.15, 0.2) is 5.51 Å². The van der Waals surface area contributed by atoms with Crippen LogP contribution < -0.4 is 0 Å². The summed E-state index contributed by atoms with van der Waals surface area (Å²) in [5.41, 5.74) is 1.52. The van der Waals surface area contributed by atoms with Gasteiger partial charge in [0.25, 0.3) is 5.91 Å². The van der Waals surface area contributed by atoms with Gasteiger partial charge in [0.15, 0.2) is 0 Å². The van der Waals surface area contributed by atoms with E-state index in [9.17, 15) is 9.90 Å². The van der Waals surface area contributed by atoms with Gasteiger partial charge in [-0.3, -0.25) is 4.79 Å². The molecule has 0 radical (unpaired) electrons. The largest absolute Gasteiger partial charge is 0.388 e. The summed E-state index contributed by atoms with van der Waals surface area (Å²) in [4.78, 5) is 19.7. The molecule has 0 aromatic carbocycles. The number of carbonyl (C=O) groups is 1. The summed E-state index contributed by atoms with van der Waals surface area (Å²) in [6.45, 7) is 9.92. The number of hydrogen-bond acceptors (Lipinski definition) is 6. The van der Waals surface area contributed by atoms with Gasteiger partial charge >= 0.3 is 0 Å². The Balaban J connectivity index is 1.42. The minimum atomic E-state index is -0.839. The molecule has 28 heavy (non-hydrogen) atoms. The van der Waals surface area contributed by atoms with E-state index in [1.54, 1.807) is 5.51 Å². The van der Waals surface area contributed by atoms with Gasteiger partial charge in [0.2, 0.25) is 0 Å². The predicted octanol–water partition coefficient (Wildman–Crippen LogP) is 3.17. The molecule has 1 aromatic rings. The number of rotatable bonds is 2. The molecule has 1 amide bonds. The molecule has 4 heterocycles. The highest BCUT2D eigenvalue weighted by Gasteiger charge is 2.53. The van der Waals surface area contributed by atoms with E-state index in [1.165, 1.54) is 11.3 Å². The van der Waals surface area contributed by atoms with E-state index in [2.05, 4.69) is 11.9 Å². The molecule has 0 saturated carbocycles. The fourth-order valence-electron chi connectivity index (χ4n) is 4.89. The molecule has 7 heteroatoms. The Morgan fingerprint density at radius 2 is 2.07 bits per heavy atom. The first-order chi connectivity index (χ1) is 13.1. The highest BCUT2D eigenvalue weighted by molar-refractivity contribution is 7.11. The summed E-state index contributed by atoms with van der Waals surface area (Å²) in [6.07, 6.45) is 4.38. The van der Waals surface area contributed by atoms with Crippen molar-refractivity contribution >= 4 is 17.2 Å². The molecule has 3 aliphatic heterocycles. The Labute approximate surface area is 171 Å². The molecular formula is C21H32N2O4S. The van der Waals surface area contributed by atoms with Crippen molar-refractivity contribution in [2.45, 2.75) is 83.2 Å². The summed E-state index contributed by atoms with van der Waals surface area (Å²) in [7, 11) is 0. The molecular weight excluding hydrogens is 376 g/mol. The number of amides is 1. The second-order valence-corrected chi connectivity index (χ2v) is 10.5. The van der Waals surface area contributed by atoms with Crippen LogP contribution in [-0.4, -0.2) is 64.0 Å². The molecule has 156 valence electrons. The highest BCUT2D eigenvalue weighted by atomic mass is 32.1. The third-order valence-electron chi connectivity index (χ3n) is 7.08. The average Bonchev–Trinajstić information content (AvgIpc) is 3.07. The summed E-state index contributed by atoms with van der Waals surface area (Å²) < 4.78 is 12.8. The first-order valence-electron chi connectivity index (χ1n) is 10.3. The van der Waals surface area contributed by atoms with Crippen molar-refractivity contribution in [2.24, 2.45) is 5.41 Å². The molecule has 4 rings (SSSR count). The van der Waals surface area contributed by atoms with Crippen molar-refractivity contribution in [3.8, 4) is 0 Å². The van der Waals surface area contributed by atoms with Gasteiger partial charge in [0.05, 0.1) is 41.2 Å². The quantitative estimate of drug-likeness (QED) is 0.814. The molecule has 3 saturated heterocycles. The number of aromatic nitrogens is 1. The van der Waals surface area contributed by atoms with Crippen molar-refractivity contribution in [3.63, 3.8) is 0 Å². The number of fused-ring (bicyclic) bond motifs is 1. The van der Waals surface area contributed by atoms with Crippen molar-refractivity contribution in [1.29, 1.82) is 0 Å². The van der Waals surface area contributed by atoms with Crippen molar-refractivity contribution in [1.82, 2.24) is 9.88 Å². The van der Waals surface area contributed by atoms with Crippen molar-refractivity contribution in [3.05, 3.63) is 16.1 Å². The number of aryl methyl sites for hydroxylation is 1. The zero-order valence-corrected chi connectivity index (χ0v) is 18.2. The molecule has 0 unspecified atom stereocenters. The van der Waals surface area contributed by atoms with E-state index < -0.39 is 5.60 Å². The maximum absolute atomic E-state index is 12.8. The number of likely N-dealkylation sites (tertiary alicyclic amines) is 1. The molecule has 1 aromatic heterocycles. The maximum atomic E-state index is 12.8. The second-order valence-electron chi connectivity index (χ2n) is 9.67. The fourth-order valence-corrected chi connectivity index (χ4v) is 5.66. The Morgan fingerprint density at radius 3 is 2.68 bits per heavy atom. The molecule has 3 fully saturated rings. The highest BCUT2D eigenvalue weighted by Crippen LogP contribution is 2.49. The lowest BCUT2D eigenvalue weighted by molar-refractivity contribution is -0.271. The molecule has 6 nitrogen and oxygen atoms in total. The van der Waals surface area contributed by atoms with Gasteiger partial charge in [-0.1, -0.05) is 0 Å². The number of ether oxygens (including phenoxy) is 2. The van der Waals surface area contributed by atoms with Crippen LogP contribution in [0.5, 0.6) is 0 Å². The zero-order valence-electron chi connectivity index (χ0n) is 17.4. The number of carbonyl (C=O) groups excluding carboxylic acids is 1. The number of piperidine rings is 1. The van der Waals surface area contributed by atoms with E-state index in [1.807, 2.05) is 25.7 Å². The smallest absolute Gasteiger partial charge is 0.265 e. The van der Waals surface area contributed by atoms with Crippen LogP contribution >= 0.6 is 11.3 Å². The normalized spacial score (nSPS) is 33.0. The third kappa shape index (κ3) is 3.62. The predicted molar refractivity (Wildman–Crippen MR) is 108 cm³/mol. The molecule has 3 atom stereocenters. The SMILES string of the molecule is Cc1ncsc1C(=O)N1CCC2(CC1)CO[C@]1(C)CC[C@@H](C(C)(C)O)O[C@H]1C2. The summed E-state index contributed by atoms with van der Waals surface area (Å²) in [5, 5.41) is 10.4. The minimum Gasteiger partial charge on any atom is -0.388 e. The summed E-state index contributed by atoms with van der Waals surface area (Å²) >= 11 is 1.42. The number of aliphatic hydroxyl groups is 1. The van der Waals surface area contributed by atoms with Crippen molar-refractivity contribution < 1.29 is 19.4 Å². The standard InChI is InChI=1S/C21H32N2O4S/c1-14-17(28-13-22-14)18(24)23-9-7-21(8-10-23)11-16-20(4,26-12-21)6-5-15(27-16)19(2,3)25/h13,15-16,25H,5-12H2,1-4H3/t15-,16-,20+/m0/s1. The monoisotopic (exact) mass is 408 g/mol. The number of thiazole rings is 1. The van der Waals surface area contributed by atoms with E-state index >= 15 is 0 Å². The zero-order chi connectivity index (χ0) is 20.2. The van der Waals surface area contributed by atoms with Gasteiger partial charge in [0, 0.05) is 13.1 Å². The van der Waals surface area contributed by atoms with Crippen LogP contribution in [0.25, 0.3) is 0 Å². The Hall–Kier alpha value is -1.02. The lowest BCUT2D eigenvalue weighted by atomic mass is 9.68. The lowest BCUT2D eigenvalue weighted by Crippen LogP contribution is -2.61. The van der Waals surface area contributed by atoms with Crippen LogP contribution in [-0.2, 0) is 9.47 Å². The van der Waals surface area contributed by atoms with E-state index in [0.717, 1.165) is 62.4 Å². The van der Waals surface area contributed by atoms with Crippen LogP contribution in [0.3, 0.4) is 0 Å². The topological polar surface area (TPSA) is 71.9 Å². The Morgan fingerprint density at radius 1 is 1.36 bits per heavy atom.